The summed E-state index contributed by atoms with van der Waals surface area (Å²) in [7, 11) is -2.40. The third-order valence-corrected chi connectivity index (χ3v) is 11.2. The molecule has 2 heterocycles. The lowest BCUT2D eigenvalue weighted by atomic mass is 9.85. The zero-order valence-corrected chi connectivity index (χ0v) is 31.4. The Bertz CT molecular complexity index is 1850. The average molecular weight is 748 g/mol. The molecule has 5 atom stereocenters. The highest BCUT2D eigenvalue weighted by atomic mass is 35.5. The van der Waals surface area contributed by atoms with Gasteiger partial charge in [-0.2, -0.15) is 0 Å². The lowest BCUT2D eigenvalue weighted by Crippen LogP contribution is -2.60. The zero-order chi connectivity index (χ0) is 37.7. The molecule has 16 heteroatoms. The van der Waals surface area contributed by atoms with E-state index < -0.39 is 79.7 Å². The van der Waals surface area contributed by atoms with Crippen molar-refractivity contribution in [3.8, 4) is 11.6 Å². The highest BCUT2D eigenvalue weighted by Crippen LogP contribution is 2.45. The first kappa shape index (κ1) is 38.1. The van der Waals surface area contributed by atoms with Crippen LogP contribution in [0.3, 0.4) is 0 Å². The van der Waals surface area contributed by atoms with Crippen molar-refractivity contribution in [1.29, 1.82) is 0 Å². The molecule has 5 rings (SSSR count). The second-order valence-electron chi connectivity index (χ2n) is 15.4. The summed E-state index contributed by atoms with van der Waals surface area (Å²) in [4.78, 5) is 60.8. The van der Waals surface area contributed by atoms with E-state index in [0.29, 0.717) is 34.4 Å². The van der Waals surface area contributed by atoms with Gasteiger partial charge in [-0.15, -0.1) is 6.58 Å². The molecule has 3 aliphatic rings. The number of sulfonamides is 1. The van der Waals surface area contributed by atoms with Crippen LogP contribution in [-0.2, 0) is 29.1 Å². The van der Waals surface area contributed by atoms with E-state index in [1.807, 2.05) is 0 Å². The number of rotatable bonds is 11. The summed E-state index contributed by atoms with van der Waals surface area (Å²) in [5.74, 6) is -1.99. The molecule has 0 spiro atoms. The van der Waals surface area contributed by atoms with Gasteiger partial charge in [-0.25, -0.2) is 18.2 Å². The third kappa shape index (κ3) is 8.35. The van der Waals surface area contributed by atoms with Crippen molar-refractivity contribution >= 4 is 56.2 Å². The Balaban J connectivity index is 1.46. The summed E-state index contributed by atoms with van der Waals surface area (Å²) < 4.78 is 44.7. The molecule has 3 N–H and O–H groups in total. The van der Waals surface area contributed by atoms with Crippen LogP contribution in [0.5, 0.6) is 11.6 Å². The van der Waals surface area contributed by atoms with Crippen LogP contribution in [0, 0.1) is 11.3 Å². The normalized spacial score (nSPS) is 23.9. The van der Waals surface area contributed by atoms with Gasteiger partial charge in [-0.1, -0.05) is 38.4 Å². The van der Waals surface area contributed by atoms with E-state index in [0.717, 1.165) is 0 Å². The first-order valence-electron chi connectivity index (χ1n) is 16.8. The van der Waals surface area contributed by atoms with E-state index in [9.17, 15) is 27.6 Å². The number of benzene rings is 1. The maximum atomic E-state index is 14.4. The van der Waals surface area contributed by atoms with Crippen molar-refractivity contribution in [1.82, 2.24) is 25.2 Å². The lowest BCUT2D eigenvalue weighted by Gasteiger charge is -2.36. The molecule has 1 saturated heterocycles. The van der Waals surface area contributed by atoms with Crippen LogP contribution >= 0.6 is 11.6 Å². The number of alkyl carbamates (subject to hydrolysis) is 1. The molecule has 2 aromatic rings. The molecule has 0 bridgehead atoms. The van der Waals surface area contributed by atoms with Gasteiger partial charge < -0.3 is 29.7 Å². The topological polar surface area (TPSA) is 182 Å². The number of nitrogens with zero attached hydrogens (tertiary/aromatic N) is 2. The highest BCUT2D eigenvalue weighted by Gasteiger charge is 2.62. The van der Waals surface area contributed by atoms with Gasteiger partial charge in [0.25, 0.3) is 5.91 Å². The first-order valence-corrected chi connectivity index (χ1v) is 18.7. The van der Waals surface area contributed by atoms with Gasteiger partial charge in [0, 0.05) is 28.1 Å². The first-order chi connectivity index (χ1) is 23.7. The van der Waals surface area contributed by atoms with Crippen LogP contribution in [0.4, 0.5) is 4.79 Å². The van der Waals surface area contributed by atoms with Gasteiger partial charge in [0.1, 0.15) is 35.1 Å². The number of ether oxygens (including phenoxy) is 3. The van der Waals surface area contributed by atoms with Crippen molar-refractivity contribution in [2.24, 2.45) is 11.3 Å². The molecule has 4 amide bonds. The van der Waals surface area contributed by atoms with Crippen LogP contribution in [0.15, 0.2) is 37.1 Å². The fourth-order valence-electron chi connectivity index (χ4n) is 6.21. The Kier molecular flexibility index (Phi) is 10.3. The second kappa shape index (κ2) is 13.8. The number of nitrogens with one attached hydrogen (secondary N) is 3. The van der Waals surface area contributed by atoms with Gasteiger partial charge >= 0.3 is 6.09 Å². The van der Waals surface area contributed by atoms with Crippen LogP contribution in [0.25, 0.3) is 10.8 Å². The number of halogens is 1. The number of hydrogen-bond donors (Lipinski definition) is 3. The number of carbonyl (C=O) groups excluding carboxylic acids is 4. The maximum absolute atomic E-state index is 14.4. The summed E-state index contributed by atoms with van der Waals surface area (Å²) in [5.41, 5.74) is -3.24. The molecule has 1 aromatic carbocycles. The van der Waals surface area contributed by atoms with Crippen LogP contribution in [0.1, 0.15) is 67.2 Å². The number of pyridine rings is 1. The van der Waals surface area contributed by atoms with E-state index in [4.69, 9.17) is 25.8 Å². The smallest absolute Gasteiger partial charge is 0.408 e. The van der Waals surface area contributed by atoms with Gasteiger partial charge in [-0.3, -0.25) is 19.1 Å². The molecule has 0 radical (unpaired) electrons. The summed E-state index contributed by atoms with van der Waals surface area (Å²) in [5, 5.41) is 6.45. The van der Waals surface area contributed by atoms with E-state index in [-0.39, 0.29) is 25.3 Å². The third-order valence-electron chi connectivity index (χ3n) is 9.15. The lowest BCUT2D eigenvalue weighted by molar-refractivity contribution is -0.143. The molecular weight excluding hydrogens is 702 g/mol. The van der Waals surface area contributed by atoms with Crippen LogP contribution < -0.4 is 24.8 Å². The SMILES string of the molecule is C=C[C@@H]1C[C@]1(NC(=O)[C@@H]1C[C@H](Oc2ncc(OC)c3ccc(Cl)cc23)CN1C(=O)[C@@H](NC(=O)OC(C)(C)C)C(C)(C)C)C(=O)NS(=O)(=O)C1CC1. The van der Waals surface area contributed by atoms with Crippen molar-refractivity contribution in [3.05, 3.63) is 42.1 Å². The molecule has 1 aromatic heterocycles. The summed E-state index contributed by atoms with van der Waals surface area (Å²) >= 11 is 6.32. The van der Waals surface area contributed by atoms with Crippen LogP contribution in [-0.4, -0.2) is 90.3 Å². The van der Waals surface area contributed by atoms with Crippen molar-refractivity contribution in [3.63, 3.8) is 0 Å². The minimum absolute atomic E-state index is 0.0204. The number of likely N-dealkylation sites (tertiary alicyclic amines) is 1. The largest absolute Gasteiger partial charge is 0.494 e. The summed E-state index contributed by atoms with van der Waals surface area (Å²) in [6, 6.07) is 2.82. The fourth-order valence-corrected chi connectivity index (χ4v) is 7.75. The predicted molar refractivity (Wildman–Crippen MR) is 190 cm³/mol. The molecule has 51 heavy (non-hydrogen) atoms. The molecule has 2 saturated carbocycles. The molecule has 1 aliphatic heterocycles. The van der Waals surface area contributed by atoms with Gasteiger partial charge in [-0.05, 0) is 63.6 Å². The van der Waals surface area contributed by atoms with E-state index in [2.05, 4.69) is 26.9 Å². The van der Waals surface area contributed by atoms with Crippen molar-refractivity contribution < 1.29 is 41.8 Å². The average Bonchev–Trinajstić information content (AvgIpc) is 3.95. The minimum atomic E-state index is -3.91. The fraction of sp³-hybridized carbons (Fsp3) is 0.571. The number of methoxy groups -OCH3 is 1. The summed E-state index contributed by atoms with van der Waals surface area (Å²) in [6.07, 6.45) is 2.40. The second-order valence-corrected chi connectivity index (χ2v) is 17.8. The van der Waals surface area contributed by atoms with Gasteiger partial charge in [0.15, 0.2) is 0 Å². The monoisotopic (exact) mass is 747 g/mol. The Morgan fingerprint density at radius 2 is 1.80 bits per heavy atom. The molecule has 2 aliphatic carbocycles. The summed E-state index contributed by atoms with van der Waals surface area (Å²) in [6.45, 7) is 14.1. The van der Waals surface area contributed by atoms with Crippen LogP contribution in [0.2, 0.25) is 5.02 Å². The standard InChI is InChI=1S/C35H46ClN5O9S/c1-9-19-16-35(19,31(44)40-51(46,47)22-11-12-22)39-28(42)25-15-21(49-29-24-14-20(36)10-13-23(24)26(48-8)17-37-29)18-41(25)30(43)27(33(2,3)4)38-32(45)50-34(5,6)7/h9-10,13-14,17,19,21-22,25,27H,1,11-12,15-16,18H2,2-8H3,(H,38,45)(H,39,42)(H,40,44)/t19-,21+,25+,27-,35-/m1/s1. The Labute approximate surface area is 303 Å². The van der Waals surface area contributed by atoms with E-state index >= 15 is 0 Å². The molecule has 0 unspecified atom stereocenters. The van der Waals surface area contributed by atoms with Crippen molar-refractivity contribution in [2.75, 3.05) is 13.7 Å². The Hall–Kier alpha value is -4.11. The zero-order valence-electron chi connectivity index (χ0n) is 29.9. The molecule has 14 nitrogen and oxygen atoms in total. The van der Waals surface area contributed by atoms with E-state index in [1.54, 1.807) is 59.7 Å². The number of aromatic nitrogens is 1. The number of carbonyl (C=O) groups is 4. The van der Waals surface area contributed by atoms with Gasteiger partial charge in [0.05, 0.1) is 25.1 Å². The number of fused-ring (bicyclic) bond motifs is 1. The van der Waals surface area contributed by atoms with Crippen molar-refractivity contribution in [2.45, 2.75) is 102 Å². The Morgan fingerprint density at radius 3 is 2.37 bits per heavy atom. The molecule has 3 fully saturated rings. The van der Waals surface area contributed by atoms with Gasteiger partial charge in [0.2, 0.25) is 27.7 Å². The Morgan fingerprint density at radius 1 is 1.12 bits per heavy atom. The number of amides is 4. The minimum Gasteiger partial charge on any atom is -0.494 e. The number of hydrogen-bond acceptors (Lipinski definition) is 10. The molecule has 278 valence electrons. The predicted octanol–water partition coefficient (Wildman–Crippen LogP) is 3.85. The quantitative estimate of drug-likeness (QED) is 0.286. The van der Waals surface area contributed by atoms with E-state index in [1.165, 1.54) is 24.3 Å². The highest BCUT2D eigenvalue weighted by molar-refractivity contribution is 7.91. The molecular formula is C35H46ClN5O9S. The maximum Gasteiger partial charge on any atom is 0.408 e.